The van der Waals surface area contributed by atoms with E-state index in [1.807, 2.05) is 34.1 Å². The molecule has 0 radical (unpaired) electrons. The first-order valence-corrected chi connectivity index (χ1v) is 10.0. The SMILES string of the molecule is O=C(c1c[nH]c2ccccc12)N1CCN(C(=O)C2CC2c2ccc(F)cc2)CC1. The van der Waals surface area contributed by atoms with Gasteiger partial charge < -0.3 is 14.8 Å². The molecule has 1 aliphatic carbocycles. The molecule has 3 aromatic rings. The van der Waals surface area contributed by atoms with Crippen molar-refractivity contribution in [2.75, 3.05) is 26.2 Å². The van der Waals surface area contributed by atoms with Crippen LogP contribution in [0.15, 0.2) is 54.7 Å². The van der Waals surface area contributed by atoms with Gasteiger partial charge >= 0.3 is 0 Å². The summed E-state index contributed by atoms with van der Waals surface area (Å²) in [6.45, 7) is 2.19. The molecule has 6 heteroatoms. The second-order valence-corrected chi connectivity index (χ2v) is 7.87. The van der Waals surface area contributed by atoms with Gasteiger partial charge in [0, 0.05) is 49.2 Å². The van der Waals surface area contributed by atoms with Crippen molar-refractivity contribution in [2.45, 2.75) is 12.3 Å². The zero-order chi connectivity index (χ0) is 20.0. The number of benzene rings is 2. The Morgan fingerprint density at radius 1 is 0.931 bits per heavy atom. The summed E-state index contributed by atoms with van der Waals surface area (Å²) >= 11 is 0. The van der Waals surface area contributed by atoms with Gasteiger partial charge in [0.15, 0.2) is 0 Å². The Labute approximate surface area is 168 Å². The first kappa shape index (κ1) is 17.9. The molecule has 1 saturated heterocycles. The smallest absolute Gasteiger partial charge is 0.256 e. The average molecular weight is 391 g/mol. The topological polar surface area (TPSA) is 56.4 Å². The fourth-order valence-electron chi connectivity index (χ4n) is 4.33. The molecule has 2 amide bonds. The maximum absolute atomic E-state index is 13.1. The van der Waals surface area contributed by atoms with Gasteiger partial charge in [-0.3, -0.25) is 9.59 Å². The lowest BCUT2D eigenvalue weighted by Crippen LogP contribution is -2.51. The maximum Gasteiger partial charge on any atom is 0.256 e. The molecule has 0 spiro atoms. The second kappa shape index (κ2) is 7.03. The minimum atomic E-state index is -0.256. The summed E-state index contributed by atoms with van der Waals surface area (Å²) in [4.78, 5) is 32.6. The molecule has 5 nitrogen and oxygen atoms in total. The van der Waals surface area contributed by atoms with Gasteiger partial charge in [-0.2, -0.15) is 0 Å². The maximum atomic E-state index is 13.1. The van der Waals surface area contributed by atoms with Crippen LogP contribution in [-0.2, 0) is 4.79 Å². The van der Waals surface area contributed by atoms with Crippen LogP contribution in [0.4, 0.5) is 4.39 Å². The number of nitrogens with zero attached hydrogens (tertiary/aromatic N) is 2. The van der Waals surface area contributed by atoms with Crippen LogP contribution >= 0.6 is 0 Å². The van der Waals surface area contributed by atoms with Gasteiger partial charge in [-0.25, -0.2) is 4.39 Å². The number of aromatic amines is 1. The van der Waals surface area contributed by atoms with Crippen LogP contribution in [0.2, 0.25) is 0 Å². The number of carbonyl (C=O) groups is 2. The van der Waals surface area contributed by atoms with E-state index in [0.29, 0.717) is 31.7 Å². The molecule has 1 aromatic heterocycles. The summed E-state index contributed by atoms with van der Waals surface area (Å²) in [5.74, 6) is 0.0715. The number of amides is 2. The summed E-state index contributed by atoms with van der Waals surface area (Å²) in [5.41, 5.74) is 2.65. The van der Waals surface area contributed by atoms with E-state index in [-0.39, 0.29) is 29.5 Å². The van der Waals surface area contributed by atoms with E-state index in [2.05, 4.69) is 4.98 Å². The predicted octanol–water partition coefficient (Wildman–Crippen LogP) is 3.40. The average Bonchev–Trinajstić information content (AvgIpc) is 3.44. The monoisotopic (exact) mass is 391 g/mol. The van der Waals surface area contributed by atoms with Crippen LogP contribution in [0.25, 0.3) is 10.9 Å². The van der Waals surface area contributed by atoms with Crippen molar-refractivity contribution in [1.82, 2.24) is 14.8 Å². The van der Waals surface area contributed by atoms with Gasteiger partial charge in [-0.15, -0.1) is 0 Å². The molecule has 2 unspecified atom stereocenters. The Hall–Kier alpha value is -3.15. The van der Waals surface area contributed by atoms with E-state index in [0.717, 1.165) is 22.9 Å². The quantitative estimate of drug-likeness (QED) is 0.744. The Morgan fingerprint density at radius 2 is 1.62 bits per heavy atom. The van der Waals surface area contributed by atoms with Crippen LogP contribution in [0.5, 0.6) is 0 Å². The van der Waals surface area contributed by atoms with Gasteiger partial charge in [-0.05, 0) is 36.1 Å². The highest BCUT2D eigenvalue weighted by molar-refractivity contribution is 6.06. The molecule has 1 N–H and O–H groups in total. The zero-order valence-electron chi connectivity index (χ0n) is 16.0. The molecule has 1 saturated carbocycles. The van der Waals surface area contributed by atoms with Gasteiger partial charge in [0.05, 0.1) is 5.56 Å². The Balaban J connectivity index is 1.20. The van der Waals surface area contributed by atoms with Crippen LogP contribution in [0.1, 0.15) is 28.3 Å². The van der Waals surface area contributed by atoms with Gasteiger partial charge in [0.2, 0.25) is 5.91 Å². The number of carbonyl (C=O) groups excluding carboxylic acids is 2. The van der Waals surface area contributed by atoms with Crippen molar-refractivity contribution < 1.29 is 14.0 Å². The molecule has 2 aliphatic rings. The van der Waals surface area contributed by atoms with E-state index in [9.17, 15) is 14.0 Å². The van der Waals surface area contributed by atoms with Gasteiger partial charge in [-0.1, -0.05) is 30.3 Å². The van der Waals surface area contributed by atoms with Crippen LogP contribution < -0.4 is 0 Å². The molecule has 29 heavy (non-hydrogen) atoms. The largest absolute Gasteiger partial charge is 0.360 e. The number of hydrogen-bond acceptors (Lipinski definition) is 2. The molecule has 5 rings (SSSR count). The Morgan fingerprint density at radius 3 is 2.38 bits per heavy atom. The van der Waals surface area contributed by atoms with E-state index < -0.39 is 0 Å². The fourth-order valence-corrected chi connectivity index (χ4v) is 4.33. The third-order valence-electron chi connectivity index (χ3n) is 6.10. The van der Waals surface area contributed by atoms with Crippen LogP contribution in [0, 0.1) is 11.7 Å². The Kier molecular flexibility index (Phi) is 4.34. The number of para-hydroxylation sites is 1. The van der Waals surface area contributed by atoms with Crippen molar-refractivity contribution in [3.8, 4) is 0 Å². The molecular weight excluding hydrogens is 369 g/mol. The number of aromatic nitrogens is 1. The summed E-state index contributed by atoms with van der Waals surface area (Å²) in [5, 5.41) is 0.927. The van der Waals surface area contributed by atoms with Gasteiger partial charge in [0.1, 0.15) is 5.82 Å². The zero-order valence-corrected chi connectivity index (χ0v) is 16.0. The normalized spacial score (nSPS) is 21.4. The summed E-state index contributed by atoms with van der Waals surface area (Å²) in [7, 11) is 0. The summed E-state index contributed by atoms with van der Waals surface area (Å²) in [6.07, 6.45) is 2.58. The highest BCUT2D eigenvalue weighted by Gasteiger charge is 2.46. The first-order chi connectivity index (χ1) is 14.1. The summed E-state index contributed by atoms with van der Waals surface area (Å²) < 4.78 is 13.1. The number of hydrogen-bond donors (Lipinski definition) is 1. The number of fused-ring (bicyclic) bond motifs is 1. The minimum absolute atomic E-state index is 0.00478. The van der Waals surface area contributed by atoms with Crippen molar-refractivity contribution in [1.29, 1.82) is 0 Å². The van der Waals surface area contributed by atoms with E-state index in [1.54, 1.807) is 18.3 Å². The molecule has 2 fully saturated rings. The summed E-state index contributed by atoms with van der Waals surface area (Å²) in [6, 6.07) is 14.2. The third-order valence-corrected chi connectivity index (χ3v) is 6.10. The van der Waals surface area contributed by atoms with Crippen molar-refractivity contribution in [2.24, 2.45) is 5.92 Å². The fraction of sp³-hybridized carbons (Fsp3) is 0.304. The van der Waals surface area contributed by atoms with Crippen LogP contribution in [0.3, 0.4) is 0 Å². The molecular formula is C23H22FN3O2. The Bertz CT molecular complexity index is 1070. The second-order valence-electron chi connectivity index (χ2n) is 7.87. The standard InChI is InChI=1S/C23H22FN3O2/c24-16-7-5-15(6-8-16)18-13-19(18)22(28)26-9-11-27(12-10-26)23(29)20-14-25-21-4-2-1-3-17(20)21/h1-8,14,18-19,25H,9-13H2. The first-order valence-electron chi connectivity index (χ1n) is 10.0. The molecule has 2 aromatic carbocycles. The minimum Gasteiger partial charge on any atom is -0.360 e. The van der Waals surface area contributed by atoms with Gasteiger partial charge in [0.25, 0.3) is 5.91 Å². The lowest BCUT2D eigenvalue weighted by Gasteiger charge is -2.35. The number of nitrogens with one attached hydrogen (secondary N) is 1. The lowest BCUT2D eigenvalue weighted by molar-refractivity contribution is -0.134. The van der Waals surface area contributed by atoms with Crippen molar-refractivity contribution >= 4 is 22.7 Å². The highest BCUT2D eigenvalue weighted by atomic mass is 19.1. The lowest BCUT2D eigenvalue weighted by atomic mass is 10.1. The molecule has 2 atom stereocenters. The number of H-pyrrole nitrogens is 1. The molecule has 0 bridgehead atoms. The van der Waals surface area contributed by atoms with Crippen LogP contribution in [-0.4, -0.2) is 52.8 Å². The number of halogens is 1. The van der Waals surface area contributed by atoms with Crippen molar-refractivity contribution in [3.63, 3.8) is 0 Å². The molecule has 2 heterocycles. The third kappa shape index (κ3) is 3.28. The number of piperazine rings is 1. The molecule has 1 aliphatic heterocycles. The van der Waals surface area contributed by atoms with E-state index >= 15 is 0 Å². The number of rotatable bonds is 3. The van der Waals surface area contributed by atoms with Crippen molar-refractivity contribution in [3.05, 3.63) is 71.7 Å². The van der Waals surface area contributed by atoms with E-state index in [1.165, 1.54) is 12.1 Å². The van der Waals surface area contributed by atoms with E-state index in [4.69, 9.17) is 0 Å². The molecule has 148 valence electrons. The predicted molar refractivity (Wildman–Crippen MR) is 108 cm³/mol. The highest BCUT2D eigenvalue weighted by Crippen LogP contribution is 2.48.